The fourth-order valence-corrected chi connectivity index (χ4v) is 2.33. The van der Waals surface area contributed by atoms with Crippen LogP contribution in [0.25, 0.3) is 11.1 Å². The third-order valence-electron chi connectivity index (χ3n) is 3.63. The van der Waals surface area contributed by atoms with Gasteiger partial charge in [-0.2, -0.15) is 0 Å². The second-order valence-corrected chi connectivity index (χ2v) is 5.33. The number of allylic oxidation sites excluding steroid dienone is 1. The zero-order valence-corrected chi connectivity index (χ0v) is 13.0. The van der Waals surface area contributed by atoms with Crippen LogP contribution in [0.1, 0.15) is 10.4 Å². The highest BCUT2D eigenvalue weighted by molar-refractivity contribution is 6.04. The summed E-state index contributed by atoms with van der Waals surface area (Å²) >= 11 is 0. The van der Waals surface area contributed by atoms with Crippen molar-refractivity contribution in [3.63, 3.8) is 0 Å². The first-order valence-electron chi connectivity index (χ1n) is 7.64. The van der Waals surface area contributed by atoms with E-state index in [0.717, 1.165) is 16.8 Å². The first-order chi connectivity index (χ1) is 11.7. The van der Waals surface area contributed by atoms with Crippen LogP contribution >= 0.6 is 0 Å². The van der Waals surface area contributed by atoms with Gasteiger partial charge in [0.2, 0.25) is 0 Å². The molecule has 0 radical (unpaired) electrons. The highest BCUT2D eigenvalue weighted by atomic mass is 16.3. The average molecular weight is 315 g/mol. The lowest BCUT2D eigenvalue weighted by atomic mass is 10.0. The van der Waals surface area contributed by atoms with E-state index in [1.165, 1.54) is 6.08 Å². The molecule has 0 saturated heterocycles. The van der Waals surface area contributed by atoms with Gasteiger partial charge in [0.1, 0.15) is 5.75 Å². The van der Waals surface area contributed by atoms with Gasteiger partial charge in [-0.1, -0.05) is 54.6 Å². The third-order valence-corrected chi connectivity index (χ3v) is 3.63. The van der Waals surface area contributed by atoms with Gasteiger partial charge in [0.25, 0.3) is 0 Å². The lowest BCUT2D eigenvalue weighted by molar-refractivity contribution is 0.104. The number of nitrogens with one attached hydrogen (secondary N) is 1. The summed E-state index contributed by atoms with van der Waals surface area (Å²) in [5, 5.41) is 12.2. The molecule has 3 rings (SSSR count). The normalized spacial score (nSPS) is 10.7. The summed E-state index contributed by atoms with van der Waals surface area (Å²) in [6, 6.07) is 24.2. The van der Waals surface area contributed by atoms with Crippen LogP contribution in [-0.2, 0) is 0 Å². The highest BCUT2D eigenvalue weighted by Gasteiger charge is 2.02. The molecule has 3 nitrogen and oxygen atoms in total. The van der Waals surface area contributed by atoms with Crippen LogP contribution in [0.5, 0.6) is 5.75 Å². The van der Waals surface area contributed by atoms with E-state index in [1.807, 2.05) is 54.6 Å². The number of carbonyl (C=O) groups excluding carboxylic acids is 1. The Bertz CT molecular complexity index is 835. The molecule has 0 saturated carbocycles. The van der Waals surface area contributed by atoms with Crippen molar-refractivity contribution in [2.45, 2.75) is 0 Å². The lowest BCUT2D eigenvalue weighted by Crippen LogP contribution is -1.96. The van der Waals surface area contributed by atoms with Crippen molar-refractivity contribution in [2.75, 3.05) is 5.32 Å². The summed E-state index contributed by atoms with van der Waals surface area (Å²) in [5.41, 5.74) is 3.65. The second-order valence-electron chi connectivity index (χ2n) is 5.33. The minimum Gasteiger partial charge on any atom is -0.508 e. The fraction of sp³-hybridized carbons (Fsp3) is 0. The van der Waals surface area contributed by atoms with Gasteiger partial charge in [0, 0.05) is 23.5 Å². The number of carbonyl (C=O) groups is 1. The molecule has 0 spiro atoms. The standard InChI is InChI=1S/C21H17NO2/c23-20-12-10-19(11-13-20)22-15-14-21(24)18-8-6-17(7-9-18)16-4-2-1-3-5-16/h1-15,22-23H/b15-14-. The van der Waals surface area contributed by atoms with E-state index in [-0.39, 0.29) is 11.5 Å². The number of hydrogen-bond acceptors (Lipinski definition) is 3. The maximum Gasteiger partial charge on any atom is 0.187 e. The first-order valence-corrected chi connectivity index (χ1v) is 7.64. The minimum absolute atomic E-state index is 0.0686. The van der Waals surface area contributed by atoms with Crippen LogP contribution in [-0.4, -0.2) is 10.9 Å². The fourth-order valence-electron chi connectivity index (χ4n) is 2.33. The van der Waals surface area contributed by atoms with Gasteiger partial charge in [-0.15, -0.1) is 0 Å². The Kier molecular flexibility index (Phi) is 4.73. The molecule has 0 fully saturated rings. The summed E-state index contributed by atoms with van der Waals surface area (Å²) in [7, 11) is 0. The molecule has 24 heavy (non-hydrogen) atoms. The Morgan fingerprint density at radius 2 is 1.42 bits per heavy atom. The van der Waals surface area contributed by atoms with E-state index in [0.29, 0.717) is 5.56 Å². The van der Waals surface area contributed by atoms with Crippen molar-refractivity contribution in [1.29, 1.82) is 0 Å². The Morgan fingerprint density at radius 1 is 0.792 bits per heavy atom. The van der Waals surface area contributed by atoms with Crippen molar-refractivity contribution in [3.8, 4) is 16.9 Å². The molecule has 118 valence electrons. The van der Waals surface area contributed by atoms with E-state index in [9.17, 15) is 9.90 Å². The van der Waals surface area contributed by atoms with E-state index in [2.05, 4.69) is 5.32 Å². The summed E-state index contributed by atoms with van der Waals surface area (Å²) in [6.45, 7) is 0. The molecule has 0 atom stereocenters. The van der Waals surface area contributed by atoms with Gasteiger partial charge in [-0.25, -0.2) is 0 Å². The maximum atomic E-state index is 12.2. The molecule has 0 aromatic heterocycles. The Morgan fingerprint density at radius 3 is 2.08 bits per heavy atom. The molecule has 3 aromatic rings. The number of phenols is 1. The molecule has 0 bridgehead atoms. The Balaban J connectivity index is 1.64. The van der Waals surface area contributed by atoms with Crippen molar-refractivity contribution in [1.82, 2.24) is 0 Å². The topological polar surface area (TPSA) is 49.3 Å². The summed E-state index contributed by atoms with van der Waals surface area (Å²) in [5.74, 6) is 0.139. The predicted octanol–water partition coefficient (Wildman–Crippen LogP) is 4.87. The second kappa shape index (κ2) is 7.29. The summed E-state index contributed by atoms with van der Waals surface area (Å²) in [4.78, 5) is 12.2. The quantitative estimate of drug-likeness (QED) is 0.401. The smallest absolute Gasteiger partial charge is 0.187 e. The van der Waals surface area contributed by atoms with Gasteiger partial charge in [-0.05, 0) is 35.4 Å². The molecule has 3 aromatic carbocycles. The molecule has 3 heteroatoms. The molecule has 0 unspecified atom stereocenters. The number of phenolic OH excluding ortho intramolecular Hbond substituents is 1. The van der Waals surface area contributed by atoms with Crippen LogP contribution in [0.2, 0.25) is 0 Å². The molecule has 0 heterocycles. The van der Waals surface area contributed by atoms with Crippen molar-refractivity contribution < 1.29 is 9.90 Å². The number of aromatic hydroxyl groups is 1. The third kappa shape index (κ3) is 3.90. The van der Waals surface area contributed by atoms with Crippen LogP contribution in [0.3, 0.4) is 0 Å². The zero-order chi connectivity index (χ0) is 16.8. The van der Waals surface area contributed by atoms with E-state index < -0.39 is 0 Å². The molecule has 0 aliphatic carbocycles. The largest absolute Gasteiger partial charge is 0.508 e. The maximum absolute atomic E-state index is 12.2. The number of rotatable bonds is 5. The van der Waals surface area contributed by atoms with Crippen LogP contribution < -0.4 is 5.32 Å². The number of hydrogen-bond donors (Lipinski definition) is 2. The van der Waals surface area contributed by atoms with Crippen molar-refractivity contribution in [2.24, 2.45) is 0 Å². The molecule has 0 aliphatic rings. The van der Waals surface area contributed by atoms with E-state index >= 15 is 0 Å². The monoisotopic (exact) mass is 315 g/mol. The van der Waals surface area contributed by atoms with Crippen LogP contribution in [0.15, 0.2) is 91.1 Å². The number of anilines is 1. The molecule has 0 aliphatic heterocycles. The summed E-state index contributed by atoms with van der Waals surface area (Å²) < 4.78 is 0. The first kappa shape index (κ1) is 15.6. The van der Waals surface area contributed by atoms with Crippen LogP contribution in [0.4, 0.5) is 5.69 Å². The van der Waals surface area contributed by atoms with Gasteiger partial charge in [0.15, 0.2) is 5.78 Å². The number of ketones is 1. The average Bonchev–Trinajstić information content (AvgIpc) is 2.64. The van der Waals surface area contributed by atoms with Gasteiger partial charge < -0.3 is 10.4 Å². The van der Waals surface area contributed by atoms with Gasteiger partial charge in [-0.3, -0.25) is 4.79 Å². The number of benzene rings is 3. The molecular weight excluding hydrogens is 298 g/mol. The lowest BCUT2D eigenvalue weighted by Gasteiger charge is -2.03. The summed E-state index contributed by atoms with van der Waals surface area (Å²) in [6.07, 6.45) is 3.09. The SMILES string of the molecule is O=C(/C=C\Nc1ccc(O)cc1)c1ccc(-c2ccccc2)cc1. The highest BCUT2D eigenvalue weighted by Crippen LogP contribution is 2.19. The van der Waals surface area contributed by atoms with Crippen molar-refractivity contribution >= 4 is 11.5 Å². The molecule has 0 amide bonds. The van der Waals surface area contributed by atoms with Gasteiger partial charge in [0.05, 0.1) is 0 Å². The Hall–Kier alpha value is -3.33. The van der Waals surface area contributed by atoms with Crippen molar-refractivity contribution in [3.05, 3.63) is 96.7 Å². The van der Waals surface area contributed by atoms with Gasteiger partial charge >= 0.3 is 0 Å². The zero-order valence-electron chi connectivity index (χ0n) is 13.0. The van der Waals surface area contributed by atoms with E-state index in [4.69, 9.17) is 0 Å². The molecular formula is C21H17NO2. The minimum atomic E-state index is -0.0686. The molecule has 2 N–H and O–H groups in total. The predicted molar refractivity (Wildman–Crippen MR) is 97.1 cm³/mol. The Labute approximate surface area is 140 Å². The van der Waals surface area contributed by atoms with Crippen LogP contribution in [0, 0.1) is 0 Å². The van der Waals surface area contributed by atoms with E-state index in [1.54, 1.807) is 30.5 Å².